The number of fused-ring (bicyclic) bond motifs is 1. The van der Waals surface area contributed by atoms with Crippen LogP contribution in [0.5, 0.6) is 5.75 Å². The van der Waals surface area contributed by atoms with Gasteiger partial charge < -0.3 is 10.1 Å². The fraction of sp³-hybridized carbons (Fsp3) is 0.353. The number of hydrogen-bond donors (Lipinski definition) is 1. The third kappa shape index (κ3) is 4.75. The summed E-state index contributed by atoms with van der Waals surface area (Å²) >= 11 is 0.737. The highest BCUT2D eigenvalue weighted by Gasteiger charge is 2.38. The van der Waals surface area contributed by atoms with E-state index in [2.05, 4.69) is 15.3 Å². The van der Waals surface area contributed by atoms with E-state index >= 15 is 0 Å². The molecule has 1 aromatic heterocycles. The number of benzene rings is 1. The minimum absolute atomic E-state index is 0.0488. The van der Waals surface area contributed by atoms with Crippen molar-refractivity contribution in [1.29, 1.82) is 0 Å². The molecule has 1 heterocycles. The Balaban J connectivity index is 1.73. The number of methoxy groups -OCH3 is 1. The number of nitro benzene ring substituents is 1. The van der Waals surface area contributed by atoms with Crippen molar-refractivity contribution in [2.24, 2.45) is 0 Å². The number of carbonyl (C=O) groups excluding carboxylic acids is 1. The van der Waals surface area contributed by atoms with Gasteiger partial charge in [0.15, 0.2) is 10.9 Å². The molecule has 0 saturated heterocycles. The highest BCUT2D eigenvalue weighted by Crippen LogP contribution is 2.36. The van der Waals surface area contributed by atoms with Crippen LogP contribution in [0, 0.1) is 10.1 Å². The van der Waals surface area contributed by atoms with Gasteiger partial charge in [-0.2, -0.15) is 13.2 Å². The largest absolute Gasteiger partial charge is 0.496 e. The first-order valence-corrected chi connectivity index (χ1v) is 9.39. The number of aryl methyl sites for hydroxylation is 1. The Morgan fingerprint density at radius 2 is 2.10 bits per heavy atom. The molecule has 8 nitrogen and oxygen atoms in total. The van der Waals surface area contributed by atoms with Gasteiger partial charge in [0.2, 0.25) is 5.91 Å². The number of rotatable bonds is 6. The predicted octanol–water partition coefficient (Wildman–Crippen LogP) is 3.63. The molecule has 1 aromatic carbocycles. The standard InChI is InChI=1S/C17H15F3N4O4S/c1-28-9-5-6-12(13(7-9)24(26)27)21-14(25)8-29-16-22-11-4-2-3-10(11)15(23-16)17(18,19)20/h5-7H,2-4,8H2,1H3,(H,21,25). The topological polar surface area (TPSA) is 107 Å². The van der Waals surface area contributed by atoms with Crippen LogP contribution in [0.4, 0.5) is 24.5 Å². The number of alkyl halides is 3. The first kappa shape index (κ1) is 20.8. The van der Waals surface area contributed by atoms with Crippen molar-refractivity contribution in [3.05, 3.63) is 45.3 Å². The molecule has 3 rings (SSSR count). The molecule has 0 fully saturated rings. The first-order valence-electron chi connectivity index (χ1n) is 8.41. The molecule has 0 saturated carbocycles. The zero-order chi connectivity index (χ0) is 21.2. The maximum absolute atomic E-state index is 13.2. The second kappa shape index (κ2) is 8.23. The normalized spacial score (nSPS) is 13.1. The summed E-state index contributed by atoms with van der Waals surface area (Å²) in [6.07, 6.45) is -3.32. The van der Waals surface area contributed by atoms with Crippen molar-refractivity contribution in [2.45, 2.75) is 30.6 Å². The van der Waals surface area contributed by atoms with Crippen molar-refractivity contribution in [3.8, 4) is 5.75 Å². The first-order chi connectivity index (χ1) is 13.7. The van der Waals surface area contributed by atoms with E-state index in [0.717, 1.165) is 17.8 Å². The maximum Gasteiger partial charge on any atom is 0.433 e. The second-order valence-corrected chi connectivity index (χ2v) is 7.05. The summed E-state index contributed by atoms with van der Waals surface area (Å²) in [5.41, 5.74) is -0.919. The van der Waals surface area contributed by atoms with Gasteiger partial charge in [-0.25, -0.2) is 9.97 Å². The number of aromatic nitrogens is 2. The SMILES string of the molecule is COc1ccc(NC(=O)CSc2nc3c(c(C(F)(F)F)n2)CCC3)c([N+](=O)[O-])c1. The van der Waals surface area contributed by atoms with E-state index in [0.29, 0.717) is 18.5 Å². The Morgan fingerprint density at radius 3 is 2.76 bits per heavy atom. The molecular formula is C17H15F3N4O4S. The molecule has 2 aromatic rings. The van der Waals surface area contributed by atoms with E-state index in [4.69, 9.17) is 4.74 Å². The maximum atomic E-state index is 13.2. The Labute approximate surface area is 167 Å². The fourth-order valence-electron chi connectivity index (χ4n) is 2.92. The molecule has 0 atom stereocenters. The number of carbonyl (C=O) groups is 1. The number of amides is 1. The fourth-order valence-corrected chi connectivity index (χ4v) is 3.58. The van der Waals surface area contributed by atoms with Crippen LogP contribution < -0.4 is 10.1 Å². The number of nitrogens with zero attached hydrogens (tertiary/aromatic N) is 3. The van der Waals surface area contributed by atoms with E-state index in [-0.39, 0.29) is 40.0 Å². The Bertz CT molecular complexity index is 968. The van der Waals surface area contributed by atoms with Crippen LogP contribution in [0.15, 0.2) is 23.4 Å². The molecule has 0 spiro atoms. The van der Waals surface area contributed by atoms with Crippen LogP contribution in [0.2, 0.25) is 0 Å². The third-order valence-corrected chi connectivity index (χ3v) is 5.04. The molecule has 0 bridgehead atoms. The number of anilines is 1. The molecule has 1 N–H and O–H groups in total. The summed E-state index contributed by atoms with van der Waals surface area (Å²) in [6.45, 7) is 0. The van der Waals surface area contributed by atoms with Gasteiger partial charge in [0, 0.05) is 11.3 Å². The van der Waals surface area contributed by atoms with Crippen LogP contribution in [0.25, 0.3) is 0 Å². The molecule has 0 radical (unpaired) electrons. The molecule has 0 unspecified atom stereocenters. The molecule has 1 aliphatic rings. The van der Waals surface area contributed by atoms with Gasteiger partial charge >= 0.3 is 6.18 Å². The highest BCUT2D eigenvalue weighted by molar-refractivity contribution is 7.99. The Kier molecular flexibility index (Phi) is 5.91. The van der Waals surface area contributed by atoms with Gasteiger partial charge in [0.1, 0.15) is 11.4 Å². The van der Waals surface area contributed by atoms with Crippen molar-refractivity contribution < 1.29 is 27.6 Å². The molecular weight excluding hydrogens is 413 g/mol. The van der Waals surface area contributed by atoms with E-state index < -0.39 is 22.7 Å². The lowest BCUT2D eigenvalue weighted by atomic mass is 10.2. The number of halogens is 3. The van der Waals surface area contributed by atoms with Crippen LogP contribution in [0.3, 0.4) is 0 Å². The molecule has 1 aliphatic carbocycles. The van der Waals surface area contributed by atoms with E-state index in [9.17, 15) is 28.1 Å². The summed E-state index contributed by atoms with van der Waals surface area (Å²) in [5, 5.41) is 13.4. The molecule has 154 valence electrons. The smallest absolute Gasteiger partial charge is 0.433 e. The average Bonchev–Trinajstić information content (AvgIpc) is 3.13. The van der Waals surface area contributed by atoms with Crippen LogP contribution in [-0.2, 0) is 23.8 Å². The summed E-state index contributed by atoms with van der Waals surface area (Å²) in [5.74, 6) is -0.699. The predicted molar refractivity (Wildman–Crippen MR) is 98.1 cm³/mol. The van der Waals surface area contributed by atoms with E-state index in [1.54, 1.807) is 0 Å². The lowest BCUT2D eigenvalue weighted by Crippen LogP contribution is -2.17. The van der Waals surface area contributed by atoms with Crippen molar-refractivity contribution in [2.75, 3.05) is 18.2 Å². The lowest BCUT2D eigenvalue weighted by Gasteiger charge is -2.12. The summed E-state index contributed by atoms with van der Waals surface area (Å²) in [6, 6.07) is 3.91. The summed E-state index contributed by atoms with van der Waals surface area (Å²) in [7, 11) is 1.35. The van der Waals surface area contributed by atoms with Crippen molar-refractivity contribution in [3.63, 3.8) is 0 Å². The van der Waals surface area contributed by atoms with E-state index in [1.165, 1.54) is 19.2 Å². The summed E-state index contributed by atoms with van der Waals surface area (Å²) in [4.78, 5) is 30.4. The molecule has 12 heteroatoms. The molecule has 0 aliphatic heterocycles. The van der Waals surface area contributed by atoms with Crippen LogP contribution in [-0.4, -0.2) is 33.7 Å². The Morgan fingerprint density at radius 1 is 1.34 bits per heavy atom. The van der Waals surface area contributed by atoms with Crippen LogP contribution >= 0.6 is 11.8 Å². The minimum Gasteiger partial charge on any atom is -0.496 e. The van der Waals surface area contributed by atoms with Gasteiger partial charge in [-0.3, -0.25) is 14.9 Å². The zero-order valence-corrected chi connectivity index (χ0v) is 15.9. The van der Waals surface area contributed by atoms with Crippen molar-refractivity contribution in [1.82, 2.24) is 9.97 Å². The van der Waals surface area contributed by atoms with Crippen molar-refractivity contribution >= 4 is 29.0 Å². The van der Waals surface area contributed by atoms with Gasteiger partial charge in [-0.05, 0) is 31.4 Å². The van der Waals surface area contributed by atoms with Gasteiger partial charge in [-0.1, -0.05) is 11.8 Å². The highest BCUT2D eigenvalue weighted by atomic mass is 32.2. The monoisotopic (exact) mass is 428 g/mol. The lowest BCUT2D eigenvalue weighted by molar-refractivity contribution is -0.384. The number of ether oxygens (including phenoxy) is 1. The molecule has 1 amide bonds. The number of thioether (sulfide) groups is 1. The average molecular weight is 428 g/mol. The number of nitrogens with one attached hydrogen (secondary N) is 1. The van der Waals surface area contributed by atoms with Gasteiger partial charge in [-0.15, -0.1) is 0 Å². The molecule has 29 heavy (non-hydrogen) atoms. The zero-order valence-electron chi connectivity index (χ0n) is 15.1. The van der Waals surface area contributed by atoms with Gasteiger partial charge in [0.25, 0.3) is 5.69 Å². The minimum atomic E-state index is -4.60. The second-order valence-electron chi connectivity index (χ2n) is 6.11. The third-order valence-electron chi connectivity index (χ3n) is 4.19. The van der Waals surface area contributed by atoms with Gasteiger partial charge in [0.05, 0.1) is 23.9 Å². The van der Waals surface area contributed by atoms with E-state index in [1.807, 2.05) is 0 Å². The summed E-state index contributed by atoms with van der Waals surface area (Å²) < 4.78 is 44.6. The number of nitro groups is 1. The quantitative estimate of drug-likeness (QED) is 0.324. The number of hydrogen-bond acceptors (Lipinski definition) is 7. The van der Waals surface area contributed by atoms with Crippen LogP contribution in [0.1, 0.15) is 23.4 Å². The Hall–Kier alpha value is -2.89.